The van der Waals surface area contributed by atoms with Crippen LogP contribution in [0.15, 0.2) is 35.3 Å². The van der Waals surface area contributed by atoms with Crippen molar-refractivity contribution in [2.45, 2.75) is 12.5 Å². The zero-order valence-electron chi connectivity index (χ0n) is 10.5. The van der Waals surface area contributed by atoms with Crippen molar-refractivity contribution in [3.05, 3.63) is 35.9 Å². The Labute approximate surface area is 115 Å². The molecule has 5 heteroatoms. The maximum Gasteiger partial charge on any atom is 0.157 e. The smallest absolute Gasteiger partial charge is 0.157 e. The van der Waals surface area contributed by atoms with Crippen LogP contribution < -0.4 is 5.32 Å². The van der Waals surface area contributed by atoms with Crippen molar-refractivity contribution in [1.29, 1.82) is 0 Å². The van der Waals surface area contributed by atoms with Gasteiger partial charge in [-0.05, 0) is 12.0 Å². The van der Waals surface area contributed by atoms with E-state index in [1.165, 1.54) is 5.56 Å². The Kier molecular flexibility index (Phi) is 5.26. The minimum absolute atomic E-state index is 0.371. The lowest BCUT2D eigenvalue weighted by molar-refractivity contribution is 0.684. The van der Waals surface area contributed by atoms with Gasteiger partial charge in [0.05, 0.1) is 6.04 Å². The van der Waals surface area contributed by atoms with Crippen LogP contribution in [0.4, 0.5) is 0 Å². The lowest BCUT2D eigenvalue weighted by Crippen LogP contribution is -2.19. The van der Waals surface area contributed by atoms with Crippen LogP contribution in [0, 0.1) is 0 Å². The van der Waals surface area contributed by atoms with Crippen molar-refractivity contribution in [2.75, 3.05) is 24.3 Å². The van der Waals surface area contributed by atoms with Gasteiger partial charge in [0, 0.05) is 35.1 Å². The number of hydrogen-bond donors (Lipinski definition) is 1. The SMILES string of the molecule is CS(=O)CCCN=C1NC(c2ccccc2)CS1. The van der Waals surface area contributed by atoms with Gasteiger partial charge in [0.1, 0.15) is 0 Å². The molecular formula is C13H18N2OS2. The Morgan fingerprint density at radius 3 is 2.94 bits per heavy atom. The summed E-state index contributed by atoms with van der Waals surface area (Å²) in [6, 6.07) is 10.8. The van der Waals surface area contributed by atoms with Crippen molar-refractivity contribution >= 4 is 27.7 Å². The number of nitrogens with zero attached hydrogens (tertiary/aromatic N) is 1. The van der Waals surface area contributed by atoms with Gasteiger partial charge in [0.15, 0.2) is 5.17 Å². The van der Waals surface area contributed by atoms with Gasteiger partial charge in [0.25, 0.3) is 0 Å². The van der Waals surface area contributed by atoms with Gasteiger partial charge in [0.2, 0.25) is 0 Å². The van der Waals surface area contributed by atoms with E-state index in [0.29, 0.717) is 6.04 Å². The molecule has 18 heavy (non-hydrogen) atoms. The summed E-state index contributed by atoms with van der Waals surface area (Å²) < 4.78 is 10.9. The molecule has 98 valence electrons. The first-order valence-electron chi connectivity index (χ1n) is 6.04. The van der Waals surface area contributed by atoms with Crippen LogP contribution in [0.3, 0.4) is 0 Å². The molecule has 0 amide bonds. The number of amidine groups is 1. The van der Waals surface area contributed by atoms with Gasteiger partial charge >= 0.3 is 0 Å². The molecule has 0 saturated carbocycles. The molecule has 1 aliphatic rings. The van der Waals surface area contributed by atoms with Crippen LogP contribution >= 0.6 is 11.8 Å². The molecule has 1 saturated heterocycles. The Hall–Kier alpha value is -0.810. The monoisotopic (exact) mass is 282 g/mol. The van der Waals surface area contributed by atoms with Crippen molar-refractivity contribution in [1.82, 2.24) is 5.32 Å². The number of rotatable bonds is 5. The lowest BCUT2D eigenvalue weighted by atomic mass is 10.1. The van der Waals surface area contributed by atoms with Crippen LogP contribution in [0.1, 0.15) is 18.0 Å². The molecule has 0 aliphatic carbocycles. The Morgan fingerprint density at radius 2 is 2.22 bits per heavy atom. The van der Waals surface area contributed by atoms with E-state index >= 15 is 0 Å². The molecule has 1 N–H and O–H groups in total. The fourth-order valence-electron chi connectivity index (χ4n) is 1.80. The van der Waals surface area contributed by atoms with Crippen molar-refractivity contribution in [2.24, 2.45) is 4.99 Å². The summed E-state index contributed by atoms with van der Waals surface area (Å²) in [5.41, 5.74) is 1.31. The van der Waals surface area contributed by atoms with Crippen LogP contribution in [-0.4, -0.2) is 33.7 Å². The summed E-state index contributed by atoms with van der Waals surface area (Å²) in [5.74, 6) is 1.77. The molecule has 3 nitrogen and oxygen atoms in total. The molecule has 1 fully saturated rings. The first-order chi connectivity index (χ1) is 8.75. The van der Waals surface area contributed by atoms with E-state index in [9.17, 15) is 4.21 Å². The maximum absolute atomic E-state index is 10.9. The standard InChI is InChI=1S/C13H18N2OS2/c1-18(16)9-5-8-14-13-15-12(10-17-13)11-6-3-2-4-7-11/h2-4,6-7,12H,5,8-10H2,1H3,(H,14,15). The predicted octanol–water partition coefficient (Wildman–Crippen LogP) is 2.19. The molecule has 2 unspecified atom stereocenters. The highest BCUT2D eigenvalue weighted by atomic mass is 32.2. The Bertz CT molecular complexity index is 434. The van der Waals surface area contributed by atoms with E-state index in [-0.39, 0.29) is 0 Å². The lowest BCUT2D eigenvalue weighted by Gasteiger charge is -2.09. The molecular weight excluding hydrogens is 264 g/mol. The molecule has 1 aromatic carbocycles. The normalized spacial score (nSPS) is 22.9. The summed E-state index contributed by atoms with van der Waals surface area (Å²) in [6.07, 6.45) is 2.63. The molecule has 0 bridgehead atoms. The molecule has 1 heterocycles. The molecule has 2 atom stereocenters. The van der Waals surface area contributed by atoms with E-state index in [1.54, 1.807) is 18.0 Å². The molecule has 1 aromatic rings. The van der Waals surface area contributed by atoms with Gasteiger partial charge < -0.3 is 5.32 Å². The molecule has 0 spiro atoms. The number of aliphatic imine (C=N–C) groups is 1. The number of thioether (sulfide) groups is 1. The zero-order valence-corrected chi connectivity index (χ0v) is 12.1. The van der Waals surface area contributed by atoms with Gasteiger partial charge in [-0.15, -0.1) is 0 Å². The second kappa shape index (κ2) is 6.95. The first-order valence-corrected chi connectivity index (χ1v) is 8.76. The first kappa shape index (κ1) is 13.6. The average molecular weight is 282 g/mol. The van der Waals surface area contributed by atoms with E-state index in [4.69, 9.17) is 0 Å². The van der Waals surface area contributed by atoms with E-state index in [2.05, 4.69) is 34.6 Å². The minimum atomic E-state index is -0.702. The third-order valence-corrected chi connectivity index (χ3v) is 4.62. The van der Waals surface area contributed by atoms with Crippen LogP contribution in [0.25, 0.3) is 0 Å². The third kappa shape index (κ3) is 4.14. The molecule has 0 radical (unpaired) electrons. The molecule has 2 rings (SSSR count). The molecule has 0 aromatic heterocycles. The van der Waals surface area contributed by atoms with E-state index in [1.807, 2.05) is 6.07 Å². The van der Waals surface area contributed by atoms with Crippen molar-refractivity contribution < 1.29 is 4.21 Å². The summed E-state index contributed by atoms with van der Waals surface area (Å²) in [4.78, 5) is 4.50. The average Bonchev–Trinajstić information content (AvgIpc) is 2.84. The van der Waals surface area contributed by atoms with E-state index < -0.39 is 10.8 Å². The predicted molar refractivity (Wildman–Crippen MR) is 80.6 cm³/mol. The summed E-state index contributed by atoms with van der Waals surface area (Å²) in [5, 5.41) is 4.45. The number of nitrogens with one attached hydrogen (secondary N) is 1. The van der Waals surface area contributed by atoms with Crippen LogP contribution in [-0.2, 0) is 10.8 Å². The van der Waals surface area contributed by atoms with Crippen LogP contribution in [0.2, 0.25) is 0 Å². The fourth-order valence-corrected chi connectivity index (χ4v) is 3.34. The second-order valence-electron chi connectivity index (χ2n) is 4.24. The summed E-state index contributed by atoms with van der Waals surface area (Å²) in [6.45, 7) is 0.760. The Morgan fingerprint density at radius 1 is 1.44 bits per heavy atom. The van der Waals surface area contributed by atoms with Gasteiger partial charge in [-0.25, -0.2) is 0 Å². The van der Waals surface area contributed by atoms with Gasteiger partial charge in [-0.3, -0.25) is 9.20 Å². The van der Waals surface area contributed by atoms with E-state index in [0.717, 1.165) is 29.6 Å². The van der Waals surface area contributed by atoms with Gasteiger partial charge in [-0.1, -0.05) is 42.1 Å². The largest absolute Gasteiger partial charge is 0.357 e. The third-order valence-electron chi connectivity index (χ3n) is 2.73. The fraction of sp³-hybridized carbons (Fsp3) is 0.462. The van der Waals surface area contributed by atoms with Crippen LogP contribution in [0.5, 0.6) is 0 Å². The minimum Gasteiger partial charge on any atom is -0.357 e. The summed E-state index contributed by atoms with van der Waals surface area (Å²) in [7, 11) is -0.702. The Balaban J connectivity index is 1.81. The molecule has 1 aliphatic heterocycles. The highest BCUT2D eigenvalue weighted by Crippen LogP contribution is 2.25. The van der Waals surface area contributed by atoms with Crippen molar-refractivity contribution in [3.63, 3.8) is 0 Å². The zero-order chi connectivity index (χ0) is 12.8. The summed E-state index contributed by atoms with van der Waals surface area (Å²) >= 11 is 1.77. The number of hydrogen-bond acceptors (Lipinski definition) is 3. The number of benzene rings is 1. The topological polar surface area (TPSA) is 41.5 Å². The highest BCUT2D eigenvalue weighted by Gasteiger charge is 2.21. The second-order valence-corrected chi connectivity index (χ2v) is 6.80. The maximum atomic E-state index is 10.9. The quantitative estimate of drug-likeness (QED) is 0.842. The van der Waals surface area contributed by atoms with Gasteiger partial charge in [-0.2, -0.15) is 0 Å². The highest BCUT2D eigenvalue weighted by molar-refractivity contribution is 8.14. The van der Waals surface area contributed by atoms with Crippen molar-refractivity contribution in [3.8, 4) is 0 Å².